The predicted octanol–water partition coefficient (Wildman–Crippen LogP) is 4.48. The molecule has 1 amide bonds. The Morgan fingerprint density at radius 2 is 1.85 bits per heavy atom. The Kier molecular flexibility index (Phi) is 4.46. The Morgan fingerprint density at radius 3 is 2.50 bits per heavy atom. The fourth-order valence-corrected chi connectivity index (χ4v) is 2.35. The predicted molar refractivity (Wildman–Crippen MR) is 83.1 cm³/mol. The van der Waals surface area contributed by atoms with Crippen molar-refractivity contribution in [1.82, 2.24) is 4.90 Å². The number of hydrogen-bond donors (Lipinski definition) is 0. The summed E-state index contributed by atoms with van der Waals surface area (Å²) in [6, 6.07) is 15.2. The number of hydrogen-bond acceptors (Lipinski definition) is 1. The molecular formula is C17H18ClNO. The van der Waals surface area contributed by atoms with Crippen molar-refractivity contribution < 1.29 is 4.79 Å². The van der Waals surface area contributed by atoms with E-state index in [9.17, 15) is 4.79 Å². The third kappa shape index (κ3) is 3.20. The first-order valence-electron chi connectivity index (χ1n) is 6.58. The molecule has 0 fully saturated rings. The van der Waals surface area contributed by atoms with Gasteiger partial charge in [0, 0.05) is 17.6 Å². The van der Waals surface area contributed by atoms with Crippen LogP contribution in [0.25, 0.3) is 0 Å². The third-order valence-electron chi connectivity index (χ3n) is 3.50. The Hall–Kier alpha value is -1.80. The summed E-state index contributed by atoms with van der Waals surface area (Å²) in [5.74, 6) is 0.0150. The normalized spacial score (nSPS) is 12.0. The quantitative estimate of drug-likeness (QED) is 0.815. The highest BCUT2D eigenvalue weighted by atomic mass is 35.5. The fourth-order valence-electron chi connectivity index (χ4n) is 2.15. The zero-order valence-electron chi connectivity index (χ0n) is 11.9. The van der Waals surface area contributed by atoms with E-state index in [2.05, 4.69) is 0 Å². The van der Waals surface area contributed by atoms with Crippen molar-refractivity contribution in [3.05, 3.63) is 70.2 Å². The van der Waals surface area contributed by atoms with E-state index < -0.39 is 0 Å². The molecule has 0 radical (unpaired) electrons. The zero-order valence-corrected chi connectivity index (χ0v) is 12.7. The van der Waals surface area contributed by atoms with E-state index in [4.69, 9.17) is 11.6 Å². The number of rotatable bonds is 3. The van der Waals surface area contributed by atoms with Crippen molar-refractivity contribution in [3.8, 4) is 0 Å². The van der Waals surface area contributed by atoms with Gasteiger partial charge in [-0.05, 0) is 43.7 Å². The number of carbonyl (C=O) groups is 1. The van der Waals surface area contributed by atoms with Crippen molar-refractivity contribution >= 4 is 17.5 Å². The van der Waals surface area contributed by atoms with E-state index >= 15 is 0 Å². The molecule has 0 aromatic heterocycles. The molecular weight excluding hydrogens is 270 g/mol. The smallest absolute Gasteiger partial charge is 0.254 e. The van der Waals surface area contributed by atoms with Gasteiger partial charge in [-0.2, -0.15) is 0 Å². The van der Waals surface area contributed by atoms with Crippen molar-refractivity contribution in [3.63, 3.8) is 0 Å². The largest absolute Gasteiger partial charge is 0.335 e. The maximum absolute atomic E-state index is 12.5. The van der Waals surface area contributed by atoms with Crippen molar-refractivity contribution in [2.24, 2.45) is 0 Å². The molecule has 0 aliphatic carbocycles. The van der Waals surface area contributed by atoms with Crippen LogP contribution >= 0.6 is 11.6 Å². The summed E-state index contributed by atoms with van der Waals surface area (Å²) in [6.45, 7) is 3.98. The molecule has 1 unspecified atom stereocenters. The minimum atomic E-state index is -0.0262. The summed E-state index contributed by atoms with van der Waals surface area (Å²) in [4.78, 5) is 14.2. The molecule has 0 saturated heterocycles. The van der Waals surface area contributed by atoms with Crippen LogP contribution in [0.2, 0.25) is 5.02 Å². The van der Waals surface area contributed by atoms with Gasteiger partial charge in [0.05, 0.1) is 6.04 Å². The van der Waals surface area contributed by atoms with Crippen LogP contribution < -0.4 is 0 Å². The number of carbonyl (C=O) groups excluding carboxylic acids is 1. The second kappa shape index (κ2) is 6.10. The van der Waals surface area contributed by atoms with Crippen LogP contribution in [0.1, 0.15) is 34.5 Å². The van der Waals surface area contributed by atoms with E-state index in [-0.39, 0.29) is 11.9 Å². The van der Waals surface area contributed by atoms with E-state index in [1.807, 2.05) is 69.4 Å². The van der Waals surface area contributed by atoms with Crippen LogP contribution in [0.3, 0.4) is 0 Å². The number of benzene rings is 2. The van der Waals surface area contributed by atoms with Crippen LogP contribution in [0, 0.1) is 6.92 Å². The molecule has 0 saturated carbocycles. The van der Waals surface area contributed by atoms with Gasteiger partial charge in [-0.1, -0.05) is 41.4 Å². The van der Waals surface area contributed by atoms with Crippen LogP contribution in [0.5, 0.6) is 0 Å². The fraction of sp³-hybridized carbons (Fsp3) is 0.235. The molecule has 0 spiro atoms. The molecule has 20 heavy (non-hydrogen) atoms. The number of aryl methyl sites for hydroxylation is 1. The number of amides is 1. The minimum Gasteiger partial charge on any atom is -0.335 e. The molecule has 2 nitrogen and oxygen atoms in total. The first-order chi connectivity index (χ1) is 9.49. The van der Waals surface area contributed by atoms with Gasteiger partial charge < -0.3 is 4.90 Å². The molecule has 0 N–H and O–H groups in total. The lowest BCUT2D eigenvalue weighted by molar-refractivity contribution is 0.0742. The monoisotopic (exact) mass is 287 g/mol. The first-order valence-corrected chi connectivity index (χ1v) is 6.96. The van der Waals surface area contributed by atoms with Gasteiger partial charge in [0.1, 0.15) is 0 Å². The maximum atomic E-state index is 12.5. The lowest BCUT2D eigenvalue weighted by Gasteiger charge is -2.25. The van der Waals surface area contributed by atoms with Crippen molar-refractivity contribution in [2.75, 3.05) is 7.05 Å². The summed E-state index contributed by atoms with van der Waals surface area (Å²) < 4.78 is 0. The Bertz CT molecular complexity index is 624. The second-order valence-electron chi connectivity index (χ2n) is 5.02. The van der Waals surface area contributed by atoms with E-state index in [1.165, 1.54) is 0 Å². The highest BCUT2D eigenvalue weighted by molar-refractivity contribution is 6.30. The molecule has 104 valence electrons. The van der Waals surface area contributed by atoms with Crippen LogP contribution in [0.15, 0.2) is 48.5 Å². The molecule has 1 atom stereocenters. The summed E-state index contributed by atoms with van der Waals surface area (Å²) in [5, 5.41) is 0.686. The zero-order chi connectivity index (χ0) is 14.7. The topological polar surface area (TPSA) is 20.3 Å². The Balaban J connectivity index is 2.22. The Morgan fingerprint density at radius 1 is 1.15 bits per heavy atom. The molecule has 2 rings (SSSR count). The molecule has 0 aliphatic rings. The van der Waals surface area contributed by atoms with Crippen LogP contribution in [0.4, 0.5) is 0 Å². The summed E-state index contributed by atoms with van der Waals surface area (Å²) >= 11 is 6.01. The van der Waals surface area contributed by atoms with Crippen LogP contribution in [-0.2, 0) is 0 Å². The van der Waals surface area contributed by atoms with Crippen LogP contribution in [-0.4, -0.2) is 17.9 Å². The van der Waals surface area contributed by atoms with Gasteiger partial charge in [0.15, 0.2) is 0 Å². The SMILES string of the molecule is Cc1cccc(C(=O)N(C)C(C)c2cccc(Cl)c2)c1. The average molecular weight is 288 g/mol. The molecule has 3 heteroatoms. The van der Waals surface area contributed by atoms with Gasteiger partial charge in [0.2, 0.25) is 0 Å². The Labute approximate surface area is 125 Å². The van der Waals surface area contributed by atoms with Crippen molar-refractivity contribution in [1.29, 1.82) is 0 Å². The summed E-state index contributed by atoms with van der Waals surface area (Å²) in [6.07, 6.45) is 0. The molecule has 0 heterocycles. The highest BCUT2D eigenvalue weighted by Gasteiger charge is 2.19. The van der Waals surface area contributed by atoms with Gasteiger partial charge >= 0.3 is 0 Å². The molecule has 2 aromatic carbocycles. The van der Waals surface area contributed by atoms with Gasteiger partial charge in [0.25, 0.3) is 5.91 Å². The van der Waals surface area contributed by atoms with Gasteiger partial charge in [-0.3, -0.25) is 4.79 Å². The summed E-state index contributed by atoms with van der Waals surface area (Å²) in [7, 11) is 1.82. The van der Waals surface area contributed by atoms with E-state index in [0.717, 1.165) is 11.1 Å². The van der Waals surface area contributed by atoms with E-state index in [0.29, 0.717) is 10.6 Å². The lowest BCUT2D eigenvalue weighted by Crippen LogP contribution is -2.29. The van der Waals surface area contributed by atoms with Crippen molar-refractivity contribution in [2.45, 2.75) is 19.9 Å². The number of halogens is 1. The van der Waals surface area contributed by atoms with E-state index in [1.54, 1.807) is 4.90 Å². The lowest BCUT2D eigenvalue weighted by atomic mass is 10.1. The summed E-state index contributed by atoms with van der Waals surface area (Å²) in [5.41, 5.74) is 2.82. The first kappa shape index (κ1) is 14.6. The molecule has 2 aromatic rings. The average Bonchev–Trinajstić information content (AvgIpc) is 2.45. The molecule has 0 aliphatic heterocycles. The third-order valence-corrected chi connectivity index (χ3v) is 3.73. The maximum Gasteiger partial charge on any atom is 0.254 e. The standard InChI is InChI=1S/C17H18ClNO/c1-12-6-4-8-15(10-12)17(20)19(3)13(2)14-7-5-9-16(18)11-14/h4-11,13H,1-3H3. The highest BCUT2D eigenvalue weighted by Crippen LogP contribution is 2.23. The minimum absolute atomic E-state index is 0.0150. The number of nitrogens with zero attached hydrogens (tertiary/aromatic N) is 1. The van der Waals surface area contributed by atoms with Gasteiger partial charge in [-0.25, -0.2) is 0 Å². The van der Waals surface area contributed by atoms with Gasteiger partial charge in [-0.15, -0.1) is 0 Å². The second-order valence-corrected chi connectivity index (χ2v) is 5.45. The molecule has 0 bridgehead atoms.